The van der Waals surface area contributed by atoms with Crippen LogP contribution in [-0.4, -0.2) is 70.4 Å². The smallest absolute Gasteiger partial charge is 0.323 e. The standard InChI is InChI=1S/C16H25N7O2/c1-13(12-25-3)23-5-4-15(19-23)18-16(24)22-8-6-21(7-9-22)14-10-17-20(2)11-14/h4-5,10-11,13H,6-9,12H2,1-3H3,(H,18,19,24). The second-order valence-electron chi connectivity index (χ2n) is 6.26. The zero-order valence-corrected chi connectivity index (χ0v) is 14.9. The summed E-state index contributed by atoms with van der Waals surface area (Å²) in [5.74, 6) is 0.558. The van der Waals surface area contributed by atoms with Crippen molar-refractivity contribution in [3.05, 3.63) is 24.7 Å². The quantitative estimate of drug-likeness (QED) is 0.878. The molecule has 25 heavy (non-hydrogen) atoms. The van der Waals surface area contributed by atoms with Crippen molar-refractivity contribution in [2.75, 3.05) is 50.1 Å². The Bertz CT molecular complexity index is 703. The molecule has 1 unspecified atom stereocenters. The normalized spacial score (nSPS) is 16.1. The maximum absolute atomic E-state index is 12.4. The molecule has 0 aliphatic carbocycles. The van der Waals surface area contributed by atoms with Gasteiger partial charge in [0.25, 0.3) is 0 Å². The monoisotopic (exact) mass is 347 g/mol. The number of ether oxygens (including phenoxy) is 1. The third kappa shape index (κ3) is 4.11. The largest absolute Gasteiger partial charge is 0.382 e. The lowest BCUT2D eigenvalue weighted by molar-refractivity contribution is 0.157. The molecule has 3 rings (SSSR count). The summed E-state index contributed by atoms with van der Waals surface area (Å²) in [7, 11) is 3.56. The molecule has 136 valence electrons. The molecule has 1 aliphatic heterocycles. The number of aromatic nitrogens is 4. The third-order valence-electron chi connectivity index (χ3n) is 4.33. The molecule has 1 saturated heterocycles. The van der Waals surface area contributed by atoms with Crippen LogP contribution in [0, 0.1) is 0 Å². The first kappa shape index (κ1) is 17.3. The van der Waals surface area contributed by atoms with Gasteiger partial charge in [-0.3, -0.25) is 14.7 Å². The predicted molar refractivity (Wildman–Crippen MR) is 94.8 cm³/mol. The fourth-order valence-corrected chi connectivity index (χ4v) is 2.90. The summed E-state index contributed by atoms with van der Waals surface area (Å²) >= 11 is 0. The van der Waals surface area contributed by atoms with E-state index < -0.39 is 0 Å². The van der Waals surface area contributed by atoms with Gasteiger partial charge in [-0.05, 0) is 6.92 Å². The van der Waals surface area contributed by atoms with Gasteiger partial charge in [0.05, 0.1) is 24.5 Å². The molecule has 3 heterocycles. The predicted octanol–water partition coefficient (Wildman–Crippen LogP) is 1.18. The number of amides is 2. The topological polar surface area (TPSA) is 80.5 Å². The molecule has 1 atom stereocenters. The van der Waals surface area contributed by atoms with Crippen LogP contribution in [0.25, 0.3) is 0 Å². The highest BCUT2D eigenvalue weighted by atomic mass is 16.5. The van der Waals surface area contributed by atoms with Crippen molar-refractivity contribution in [3.8, 4) is 0 Å². The Morgan fingerprint density at radius 2 is 2.12 bits per heavy atom. The highest BCUT2D eigenvalue weighted by Gasteiger charge is 2.22. The van der Waals surface area contributed by atoms with E-state index in [-0.39, 0.29) is 12.1 Å². The van der Waals surface area contributed by atoms with Crippen LogP contribution in [0.4, 0.5) is 16.3 Å². The molecule has 1 aliphatic rings. The molecular weight excluding hydrogens is 322 g/mol. The van der Waals surface area contributed by atoms with E-state index in [1.807, 2.05) is 37.5 Å². The van der Waals surface area contributed by atoms with Crippen molar-refractivity contribution in [2.45, 2.75) is 13.0 Å². The van der Waals surface area contributed by atoms with Gasteiger partial charge < -0.3 is 14.5 Å². The molecule has 0 radical (unpaired) electrons. The summed E-state index contributed by atoms with van der Waals surface area (Å²) < 4.78 is 8.70. The number of piperazine rings is 1. The van der Waals surface area contributed by atoms with Crippen LogP contribution in [0.3, 0.4) is 0 Å². The van der Waals surface area contributed by atoms with Gasteiger partial charge in [0.15, 0.2) is 5.82 Å². The number of nitrogens with one attached hydrogen (secondary N) is 1. The molecule has 1 fully saturated rings. The number of anilines is 2. The van der Waals surface area contributed by atoms with Crippen LogP contribution in [0.1, 0.15) is 13.0 Å². The number of hydrogen-bond donors (Lipinski definition) is 1. The number of rotatable bonds is 5. The second kappa shape index (κ2) is 7.56. The van der Waals surface area contributed by atoms with Crippen molar-refractivity contribution in [3.63, 3.8) is 0 Å². The van der Waals surface area contributed by atoms with Gasteiger partial charge in [-0.1, -0.05) is 0 Å². The molecule has 0 saturated carbocycles. The van der Waals surface area contributed by atoms with E-state index >= 15 is 0 Å². The van der Waals surface area contributed by atoms with E-state index in [4.69, 9.17) is 4.74 Å². The fraction of sp³-hybridized carbons (Fsp3) is 0.562. The third-order valence-corrected chi connectivity index (χ3v) is 4.33. The molecule has 0 spiro atoms. The van der Waals surface area contributed by atoms with E-state index in [2.05, 4.69) is 20.4 Å². The number of nitrogens with zero attached hydrogens (tertiary/aromatic N) is 6. The van der Waals surface area contributed by atoms with Crippen molar-refractivity contribution < 1.29 is 9.53 Å². The number of carbonyl (C=O) groups is 1. The van der Waals surface area contributed by atoms with Gasteiger partial charge in [-0.15, -0.1) is 0 Å². The van der Waals surface area contributed by atoms with Gasteiger partial charge in [-0.2, -0.15) is 10.2 Å². The van der Waals surface area contributed by atoms with Crippen LogP contribution < -0.4 is 10.2 Å². The number of aryl methyl sites for hydroxylation is 1. The molecule has 9 nitrogen and oxygen atoms in total. The fourth-order valence-electron chi connectivity index (χ4n) is 2.90. The van der Waals surface area contributed by atoms with Crippen molar-refractivity contribution >= 4 is 17.5 Å². The Balaban J connectivity index is 1.51. The number of carbonyl (C=O) groups excluding carboxylic acids is 1. The molecule has 2 aromatic heterocycles. The van der Waals surface area contributed by atoms with Crippen LogP contribution in [-0.2, 0) is 11.8 Å². The zero-order chi connectivity index (χ0) is 17.8. The maximum Gasteiger partial charge on any atom is 0.323 e. The molecular formula is C16H25N7O2. The summed E-state index contributed by atoms with van der Waals surface area (Å²) in [4.78, 5) is 16.5. The van der Waals surface area contributed by atoms with Crippen molar-refractivity contribution in [1.29, 1.82) is 0 Å². The molecule has 1 N–H and O–H groups in total. The van der Waals surface area contributed by atoms with E-state index in [0.29, 0.717) is 25.5 Å². The van der Waals surface area contributed by atoms with E-state index in [9.17, 15) is 4.79 Å². The number of methoxy groups -OCH3 is 1. The minimum atomic E-state index is -0.115. The Hall–Kier alpha value is -2.55. The SMILES string of the molecule is COCC(C)n1ccc(NC(=O)N2CCN(c3cnn(C)c3)CC2)n1. The lowest BCUT2D eigenvalue weighted by Gasteiger charge is -2.35. The Kier molecular flexibility index (Phi) is 5.22. The average molecular weight is 347 g/mol. The molecule has 9 heteroatoms. The summed E-state index contributed by atoms with van der Waals surface area (Å²) in [5, 5.41) is 11.4. The first-order chi connectivity index (χ1) is 12.1. The first-order valence-corrected chi connectivity index (χ1v) is 8.40. The lowest BCUT2D eigenvalue weighted by atomic mass is 10.3. The first-order valence-electron chi connectivity index (χ1n) is 8.40. The van der Waals surface area contributed by atoms with Gasteiger partial charge in [-0.25, -0.2) is 4.79 Å². The van der Waals surface area contributed by atoms with Gasteiger partial charge >= 0.3 is 6.03 Å². The Morgan fingerprint density at radius 1 is 1.36 bits per heavy atom. The van der Waals surface area contributed by atoms with E-state index in [0.717, 1.165) is 18.8 Å². The Morgan fingerprint density at radius 3 is 2.76 bits per heavy atom. The number of urea groups is 1. The molecule has 2 aromatic rings. The van der Waals surface area contributed by atoms with E-state index in [1.54, 1.807) is 22.5 Å². The minimum Gasteiger partial charge on any atom is -0.382 e. The highest BCUT2D eigenvalue weighted by Crippen LogP contribution is 2.16. The van der Waals surface area contributed by atoms with Crippen LogP contribution in [0.15, 0.2) is 24.7 Å². The van der Waals surface area contributed by atoms with Crippen LogP contribution in [0.2, 0.25) is 0 Å². The summed E-state index contributed by atoms with van der Waals surface area (Å²) in [6.45, 7) is 5.50. The van der Waals surface area contributed by atoms with Gasteiger partial charge in [0, 0.05) is 58.8 Å². The summed E-state index contributed by atoms with van der Waals surface area (Å²) in [6.07, 6.45) is 5.69. The van der Waals surface area contributed by atoms with Gasteiger partial charge in [0.2, 0.25) is 0 Å². The van der Waals surface area contributed by atoms with Crippen LogP contribution >= 0.6 is 0 Å². The average Bonchev–Trinajstić information content (AvgIpc) is 3.24. The lowest BCUT2D eigenvalue weighted by Crippen LogP contribution is -2.50. The molecule has 2 amide bonds. The highest BCUT2D eigenvalue weighted by molar-refractivity contribution is 5.88. The maximum atomic E-state index is 12.4. The summed E-state index contributed by atoms with van der Waals surface area (Å²) in [5.41, 5.74) is 1.09. The summed E-state index contributed by atoms with van der Waals surface area (Å²) in [6, 6.07) is 1.81. The Labute approximate surface area is 147 Å². The molecule has 0 bridgehead atoms. The van der Waals surface area contributed by atoms with Gasteiger partial charge in [0.1, 0.15) is 0 Å². The second-order valence-corrected chi connectivity index (χ2v) is 6.26. The van der Waals surface area contributed by atoms with Crippen molar-refractivity contribution in [2.24, 2.45) is 7.05 Å². The number of hydrogen-bond acceptors (Lipinski definition) is 5. The van der Waals surface area contributed by atoms with E-state index in [1.165, 1.54) is 0 Å². The minimum absolute atomic E-state index is 0.115. The zero-order valence-electron chi connectivity index (χ0n) is 14.9. The molecule has 0 aromatic carbocycles. The van der Waals surface area contributed by atoms with Crippen LogP contribution in [0.5, 0.6) is 0 Å². The van der Waals surface area contributed by atoms with Crippen molar-refractivity contribution in [1.82, 2.24) is 24.5 Å².